The van der Waals surface area contributed by atoms with E-state index in [0.29, 0.717) is 17.1 Å². The second-order valence-corrected chi connectivity index (χ2v) is 6.60. The first-order valence-corrected chi connectivity index (χ1v) is 8.69. The number of halogens is 1. The number of rotatable bonds is 7. The van der Waals surface area contributed by atoms with Crippen LogP contribution in [-0.2, 0) is 4.79 Å². The molecular formula is C20H20BrNO4. The standard InChI is InChI=1S/C20H20BrNO4/c1-22(2)20(24)13-26-17-6-4-5-14(12-17)18(23)9-7-15-11-16(21)8-10-19(15)25-3/h4-12H,13H2,1-3H3. The van der Waals surface area contributed by atoms with Gasteiger partial charge in [-0.05, 0) is 42.5 Å². The minimum atomic E-state index is -0.170. The number of benzene rings is 2. The number of carbonyl (C=O) groups excluding carboxylic acids is 2. The van der Waals surface area contributed by atoms with Gasteiger partial charge >= 0.3 is 0 Å². The molecule has 0 saturated heterocycles. The van der Waals surface area contributed by atoms with Crippen LogP contribution in [0.15, 0.2) is 53.0 Å². The van der Waals surface area contributed by atoms with Gasteiger partial charge in [-0.3, -0.25) is 9.59 Å². The number of hydrogen-bond acceptors (Lipinski definition) is 4. The molecule has 0 aliphatic heterocycles. The molecule has 0 saturated carbocycles. The van der Waals surface area contributed by atoms with Crippen LogP contribution in [0.2, 0.25) is 0 Å². The molecule has 0 aliphatic rings. The van der Waals surface area contributed by atoms with E-state index in [1.165, 1.54) is 11.0 Å². The number of amides is 1. The predicted octanol–water partition coefficient (Wildman–Crippen LogP) is 3.82. The van der Waals surface area contributed by atoms with Gasteiger partial charge in [0.25, 0.3) is 5.91 Å². The van der Waals surface area contributed by atoms with Crippen molar-refractivity contribution in [2.24, 2.45) is 0 Å². The topological polar surface area (TPSA) is 55.8 Å². The molecule has 0 spiro atoms. The Morgan fingerprint density at radius 2 is 1.92 bits per heavy atom. The van der Waals surface area contributed by atoms with Crippen LogP contribution in [0.1, 0.15) is 15.9 Å². The van der Waals surface area contributed by atoms with Gasteiger partial charge in [-0.15, -0.1) is 0 Å². The molecule has 0 unspecified atom stereocenters. The summed E-state index contributed by atoms with van der Waals surface area (Å²) in [4.78, 5) is 25.5. The van der Waals surface area contributed by atoms with E-state index >= 15 is 0 Å². The molecule has 5 nitrogen and oxygen atoms in total. The molecule has 2 aromatic carbocycles. The van der Waals surface area contributed by atoms with Crippen molar-refractivity contribution < 1.29 is 19.1 Å². The summed E-state index contributed by atoms with van der Waals surface area (Å²) in [6.07, 6.45) is 3.18. The Balaban J connectivity index is 2.11. The highest BCUT2D eigenvalue weighted by atomic mass is 79.9. The monoisotopic (exact) mass is 417 g/mol. The molecular weight excluding hydrogens is 398 g/mol. The average Bonchev–Trinajstić information content (AvgIpc) is 2.64. The van der Waals surface area contributed by atoms with E-state index in [1.807, 2.05) is 18.2 Å². The molecule has 2 aromatic rings. The Labute approximate surface area is 161 Å². The van der Waals surface area contributed by atoms with Crippen molar-refractivity contribution in [3.63, 3.8) is 0 Å². The maximum atomic E-state index is 12.4. The van der Waals surface area contributed by atoms with E-state index in [9.17, 15) is 9.59 Å². The number of methoxy groups -OCH3 is 1. The molecule has 0 atom stereocenters. The van der Waals surface area contributed by atoms with Crippen LogP contribution in [0.25, 0.3) is 6.08 Å². The van der Waals surface area contributed by atoms with Crippen molar-refractivity contribution in [1.29, 1.82) is 0 Å². The van der Waals surface area contributed by atoms with Gasteiger partial charge in [0.2, 0.25) is 0 Å². The van der Waals surface area contributed by atoms with Gasteiger partial charge in [-0.1, -0.05) is 28.1 Å². The highest BCUT2D eigenvalue weighted by molar-refractivity contribution is 9.10. The summed E-state index contributed by atoms with van der Waals surface area (Å²) in [7, 11) is 4.90. The van der Waals surface area contributed by atoms with E-state index in [4.69, 9.17) is 9.47 Å². The Bertz CT molecular complexity index is 830. The van der Waals surface area contributed by atoms with Gasteiger partial charge in [0.1, 0.15) is 11.5 Å². The van der Waals surface area contributed by atoms with Crippen molar-refractivity contribution >= 4 is 33.7 Å². The molecule has 2 rings (SSSR count). The minimum absolute atomic E-state index is 0.0737. The highest BCUT2D eigenvalue weighted by Gasteiger charge is 2.08. The highest BCUT2D eigenvalue weighted by Crippen LogP contribution is 2.24. The molecule has 0 radical (unpaired) electrons. The van der Waals surface area contributed by atoms with E-state index in [-0.39, 0.29) is 18.3 Å². The van der Waals surface area contributed by atoms with Crippen LogP contribution in [0.3, 0.4) is 0 Å². The first-order chi connectivity index (χ1) is 12.4. The van der Waals surface area contributed by atoms with Gasteiger partial charge in [-0.2, -0.15) is 0 Å². The summed E-state index contributed by atoms with van der Waals surface area (Å²) in [6, 6.07) is 12.3. The predicted molar refractivity (Wildman–Crippen MR) is 105 cm³/mol. The van der Waals surface area contributed by atoms with E-state index < -0.39 is 0 Å². The fourth-order valence-corrected chi connectivity index (χ4v) is 2.49. The van der Waals surface area contributed by atoms with Gasteiger partial charge in [-0.25, -0.2) is 0 Å². The summed E-state index contributed by atoms with van der Waals surface area (Å²) in [5, 5.41) is 0. The van der Waals surface area contributed by atoms with Crippen molar-refractivity contribution in [2.75, 3.05) is 27.8 Å². The second-order valence-electron chi connectivity index (χ2n) is 5.69. The zero-order valence-corrected chi connectivity index (χ0v) is 16.4. The Kier molecular flexibility index (Phi) is 6.97. The van der Waals surface area contributed by atoms with Crippen molar-refractivity contribution in [2.45, 2.75) is 0 Å². The lowest BCUT2D eigenvalue weighted by Crippen LogP contribution is -2.27. The fraction of sp³-hybridized carbons (Fsp3) is 0.200. The lowest BCUT2D eigenvalue weighted by molar-refractivity contribution is -0.130. The number of carbonyl (C=O) groups is 2. The van der Waals surface area contributed by atoms with Crippen LogP contribution in [0.5, 0.6) is 11.5 Å². The zero-order valence-electron chi connectivity index (χ0n) is 14.9. The smallest absolute Gasteiger partial charge is 0.259 e. The maximum absolute atomic E-state index is 12.4. The van der Waals surface area contributed by atoms with Crippen LogP contribution in [0, 0.1) is 0 Å². The fourth-order valence-electron chi connectivity index (χ4n) is 2.11. The molecule has 0 aliphatic carbocycles. The SMILES string of the molecule is COc1ccc(Br)cc1C=CC(=O)c1cccc(OCC(=O)N(C)C)c1. The van der Waals surface area contributed by atoms with Gasteiger partial charge < -0.3 is 14.4 Å². The maximum Gasteiger partial charge on any atom is 0.259 e. The average molecular weight is 418 g/mol. The van der Waals surface area contributed by atoms with Crippen LogP contribution in [0.4, 0.5) is 0 Å². The van der Waals surface area contributed by atoms with Crippen molar-refractivity contribution in [3.05, 3.63) is 64.1 Å². The number of allylic oxidation sites excluding steroid dienone is 1. The molecule has 0 bridgehead atoms. The molecule has 26 heavy (non-hydrogen) atoms. The third-order valence-electron chi connectivity index (χ3n) is 3.59. The number of ketones is 1. The van der Waals surface area contributed by atoms with Crippen molar-refractivity contribution in [3.8, 4) is 11.5 Å². The molecule has 6 heteroatoms. The van der Waals surface area contributed by atoms with E-state index in [1.54, 1.807) is 51.5 Å². The van der Waals surface area contributed by atoms with Crippen LogP contribution >= 0.6 is 15.9 Å². The Morgan fingerprint density at radius 3 is 2.62 bits per heavy atom. The van der Waals surface area contributed by atoms with Crippen molar-refractivity contribution in [1.82, 2.24) is 4.90 Å². The molecule has 0 fully saturated rings. The molecule has 0 aromatic heterocycles. The van der Waals surface area contributed by atoms with E-state index in [2.05, 4.69) is 15.9 Å². The summed E-state index contributed by atoms with van der Waals surface area (Å²) in [5.74, 6) is 0.829. The molecule has 0 N–H and O–H groups in total. The molecule has 0 heterocycles. The first kappa shape index (κ1) is 19.7. The van der Waals surface area contributed by atoms with Gasteiger partial charge in [0.15, 0.2) is 12.4 Å². The zero-order chi connectivity index (χ0) is 19.1. The summed E-state index contributed by atoms with van der Waals surface area (Å²) >= 11 is 3.40. The van der Waals surface area contributed by atoms with Crippen LogP contribution in [-0.4, -0.2) is 44.4 Å². The lowest BCUT2D eigenvalue weighted by atomic mass is 10.1. The lowest BCUT2D eigenvalue weighted by Gasteiger charge is -2.11. The normalized spacial score (nSPS) is 10.6. The number of likely N-dealkylation sites (N-methyl/N-ethyl adjacent to an activating group) is 1. The second kappa shape index (κ2) is 9.20. The van der Waals surface area contributed by atoms with Gasteiger partial charge in [0, 0.05) is 29.7 Å². The number of nitrogens with zero attached hydrogens (tertiary/aromatic N) is 1. The van der Waals surface area contributed by atoms with Gasteiger partial charge in [0.05, 0.1) is 7.11 Å². The summed E-state index contributed by atoms with van der Waals surface area (Å²) in [5.41, 5.74) is 1.27. The van der Waals surface area contributed by atoms with E-state index in [0.717, 1.165) is 10.0 Å². The molecule has 1 amide bonds. The Hall–Kier alpha value is -2.60. The Morgan fingerprint density at radius 1 is 1.15 bits per heavy atom. The number of ether oxygens (including phenoxy) is 2. The number of hydrogen-bond donors (Lipinski definition) is 0. The third-order valence-corrected chi connectivity index (χ3v) is 4.08. The largest absolute Gasteiger partial charge is 0.496 e. The summed E-state index contributed by atoms with van der Waals surface area (Å²) < 4.78 is 11.6. The third kappa shape index (κ3) is 5.46. The minimum Gasteiger partial charge on any atom is -0.496 e. The van der Waals surface area contributed by atoms with Crippen LogP contribution < -0.4 is 9.47 Å². The first-order valence-electron chi connectivity index (χ1n) is 7.89. The summed E-state index contributed by atoms with van der Waals surface area (Å²) in [6.45, 7) is -0.0737. The molecule has 136 valence electrons. The quantitative estimate of drug-likeness (QED) is 0.507.